The van der Waals surface area contributed by atoms with Gasteiger partial charge in [-0.1, -0.05) is 60.7 Å². The van der Waals surface area contributed by atoms with E-state index in [0.717, 1.165) is 19.4 Å². The minimum atomic E-state index is 0.117. The maximum atomic E-state index is 5.80. The third-order valence-corrected chi connectivity index (χ3v) is 4.51. The van der Waals surface area contributed by atoms with Crippen LogP contribution in [0.4, 0.5) is 0 Å². The summed E-state index contributed by atoms with van der Waals surface area (Å²) in [6, 6.07) is 22.2. The van der Waals surface area contributed by atoms with Crippen molar-refractivity contribution in [2.75, 3.05) is 6.61 Å². The molecule has 0 aliphatic carbocycles. The Morgan fingerprint density at radius 1 is 0.800 bits per heavy atom. The summed E-state index contributed by atoms with van der Waals surface area (Å²) in [5, 5.41) is 3.80. The van der Waals surface area contributed by atoms with Crippen molar-refractivity contribution in [3.05, 3.63) is 71.8 Å². The van der Waals surface area contributed by atoms with Crippen molar-refractivity contribution in [2.24, 2.45) is 0 Å². The summed E-state index contributed by atoms with van der Waals surface area (Å²) in [5.74, 6) is 0. The highest BCUT2D eigenvalue weighted by molar-refractivity contribution is 5.26. The van der Waals surface area contributed by atoms with Gasteiger partial charge in [0, 0.05) is 12.1 Å². The highest BCUT2D eigenvalue weighted by Crippen LogP contribution is 2.47. The summed E-state index contributed by atoms with van der Waals surface area (Å²) >= 11 is 0. The van der Waals surface area contributed by atoms with Crippen LogP contribution in [0, 0.1) is 0 Å². The van der Waals surface area contributed by atoms with Crippen LogP contribution in [0.15, 0.2) is 60.7 Å². The fraction of sp³-hybridized carbons (Fsp3) is 0.333. The Labute approximate surface area is 119 Å². The van der Waals surface area contributed by atoms with Gasteiger partial charge in [-0.2, -0.15) is 0 Å². The van der Waals surface area contributed by atoms with Crippen LogP contribution in [-0.2, 0) is 4.74 Å². The van der Waals surface area contributed by atoms with Gasteiger partial charge < -0.3 is 10.1 Å². The molecule has 2 heteroatoms. The highest BCUT2D eigenvalue weighted by Gasteiger charge is 2.51. The van der Waals surface area contributed by atoms with Crippen molar-refractivity contribution in [3.63, 3.8) is 0 Å². The highest BCUT2D eigenvalue weighted by atomic mass is 16.6. The molecule has 2 heterocycles. The van der Waals surface area contributed by atoms with Crippen molar-refractivity contribution < 1.29 is 4.74 Å². The Morgan fingerprint density at radius 3 is 1.65 bits per heavy atom. The molecule has 2 atom stereocenters. The second-order valence-electron chi connectivity index (χ2n) is 5.97. The fourth-order valence-corrected chi connectivity index (χ4v) is 3.32. The first-order chi connectivity index (χ1) is 9.85. The van der Waals surface area contributed by atoms with Crippen LogP contribution in [0.5, 0.6) is 0 Å². The van der Waals surface area contributed by atoms with Crippen molar-refractivity contribution in [1.82, 2.24) is 5.32 Å². The van der Waals surface area contributed by atoms with Crippen LogP contribution >= 0.6 is 0 Å². The van der Waals surface area contributed by atoms with E-state index in [4.69, 9.17) is 4.74 Å². The first kappa shape index (κ1) is 12.1. The number of hydrogen-bond acceptors (Lipinski definition) is 2. The van der Waals surface area contributed by atoms with Gasteiger partial charge >= 0.3 is 0 Å². The van der Waals surface area contributed by atoms with Gasteiger partial charge in [-0.15, -0.1) is 0 Å². The lowest BCUT2D eigenvalue weighted by atomic mass is 9.83. The minimum Gasteiger partial charge on any atom is -0.369 e. The quantitative estimate of drug-likeness (QED) is 0.839. The molecule has 0 aromatic heterocycles. The smallest absolute Gasteiger partial charge is 0.0952 e. The molecule has 20 heavy (non-hydrogen) atoms. The summed E-state index contributed by atoms with van der Waals surface area (Å²) in [4.78, 5) is 0. The molecule has 1 N–H and O–H groups in total. The standard InChI is InChI=1S/C18H19NO/c1-3-7-14(8-4-1)16-11-18(13-20-18)12-17(19-16)15-9-5-2-6-10-15/h1-10,16-17,19H,11-13H2. The lowest BCUT2D eigenvalue weighted by Gasteiger charge is -2.35. The van der Waals surface area contributed by atoms with Gasteiger partial charge in [-0.05, 0) is 24.0 Å². The molecule has 1 spiro atoms. The van der Waals surface area contributed by atoms with E-state index in [0.29, 0.717) is 12.1 Å². The molecule has 0 amide bonds. The Bertz CT molecular complexity index is 527. The van der Waals surface area contributed by atoms with Gasteiger partial charge in [0.15, 0.2) is 0 Å². The predicted molar refractivity (Wildman–Crippen MR) is 79.4 cm³/mol. The average Bonchev–Trinajstić information content (AvgIpc) is 3.27. The Balaban J connectivity index is 1.63. The lowest BCUT2D eigenvalue weighted by molar-refractivity contribution is 0.177. The average molecular weight is 265 g/mol. The zero-order valence-corrected chi connectivity index (χ0v) is 11.5. The van der Waals surface area contributed by atoms with Crippen LogP contribution in [0.1, 0.15) is 36.1 Å². The van der Waals surface area contributed by atoms with Gasteiger partial charge in [0.1, 0.15) is 0 Å². The maximum Gasteiger partial charge on any atom is 0.0952 e. The molecule has 2 aliphatic rings. The molecule has 0 saturated carbocycles. The van der Waals surface area contributed by atoms with E-state index in [9.17, 15) is 0 Å². The number of nitrogens with one attached hydrogen (secondary N) is 1. The van der Waals surface area contributed by atoms with E-state index in [1.165, 1.54) is 11.1 Å². The van der Waals surface area contributed by atoms with Gasteiger partial charge in [0.05, 0.1) is 12.2 Å². The van der Waals surface area contributed by atoms with E-state index in [1.807, 2.05) is 0 Å². The Hall–Kier alpha value is -1.64. The molecule has 2 fully saturated rings. The van der Waals surface area contributed by atoms with Crippen molar-refractivity contribution in [2.45, 2.75) is 30.5 Å². The van der Waals surface area contributed by atoms with Crippen molar-refractivity contribution in [3.8, 4) is 0 Å². The van der Waals surface area contributed by atoms with Crippen LogP contribution < -0.4 is 5.32 Å². The third kappa shape index (κ3) is 2.26. The summed E-state index contributed by atoms with van der Waals surface area (Å²) in [6.07, 6.45) is 2.17. The zero-order chi connectivity index (χ0) is 13.4. The number of benzene rings is 2. The maximum absolute atomic E-state index is 5.80. The van der Waals surface area contributed by atoms with Crippen LogP contribution in [-0.4, -0.2) is 12.2 Å². The van der Waals surface area contributed by atoms with Crippen molar-refractivity contribution in [1.29, 1.82) is 0 Å². The van der Waals surface area contributed by atoms with E-state index in [2.05, 4.69) is 66.0 Å². The molecule has 2 aromatic carbocycles. The number of epoxide rings is 1. The molecule has 2 nitrogen and oxygen atoms in total. The van der Waals surface area contributed by atoms with Gasteiger partial charge in [-0.3, -0.25) is 0 Å². The molecule has 0 radical (unpaired) electrons. The summed E-state index contributed by atoms with van der Waals surface area (Å²) in [7, 11) is 0. The SMILES string of the molecule is c1ccc(C2CC3(CO3)CC(c3ccccc3)N2)cc1. The number of ether oxygens (including phenoxy) is 1. The monoisotopic (exact) mass is 265 g/mol. The fourth-order valence-electron chi connectivity index (χ4n) is 3.32. The molecule has 0 bridgehead atoms. The molecule has 2 saturated heterocycles. The van der Waals surface area contributed by atoms with Gasteiger partial charge in [-0.25, -0.2) is 0 Å². The summed E-state index contributed by atoms with van der Waals surface area (Å²) in [5.41, 5.74) is 2.85. The number of piperidine rings is 1. The number of hydrogen-bond donors (Lipinski definition) is 1. The molecular formula is C18H19NO. The van der Waals surface area contributed by atoms with E-state index >= 15 is 0 Å². The van der Waals surface area contributed by atoms with Gasteiger partial charge in [0.2, 0.25) is 0 Å². The second kappa shape index (κ2) is 4.72. The van der Waals surface area contributed by atoms with Crippen molar-refractivity contribution >= 4 is 0 Å². The second-order valence-corrected chi connectivity index (χ2v) is 5.97. The third-order valence-electron chi connectivity index (χ3n) is 4.51. The van der Waals surface area contributed by atoms with Gasteiger partial charge in [0.25, 0.3) is 0 Å². The van der Waals surface area contributed by atoms with E-state index in [-0.39, 0.29) is 5.60 Å². The largest absolute Gasteiger partial charge is 0.369 e. The van der Waals surface area contributed by atoms with Crippen LogP contribution in [0.25, 0.3) is 0 Å². The first-order valence-corrected chi connectivity index (χ1v) is 7.35. The van der Waals surface area contributed by atoms with E-state index in [1.54, 1.807) is 0 Å². The topological polar surface area (TPSA) is 24.6 Å². The van der Waals surface area contributed by atoms with Crippen LogP contribution in [0.2, 0.25) is 0 Å². The molecule has 2 unspecified atom stereocenters. The summed E-state index contributed by atoms with van der Waals surface area (Å²) < 4.78 is 5.80. The normalized spacial score (nSPS) is 32.2. The first-order valence-electron chi connectivity index (χ1n) is 7.35. The Morgan fingerprint density at radius 2 is 1.25 bits per heavy atom. The molecule has 2 aliphatic heterocycles. The molecule has 2 aromatic rings. The molecule has 4 rings (SSSR count). The minimum absolute atomic E-state index is 0.117. The number of rotatable bonds is 2. The zero-order valence-electron chi connectivity index (χ0n) is 11.5. The predicted octanol–water partition coefficient (Wildman–Crippen LogP) is 3.62. The van der Waals surface area contributed by atoms with E-state index < -0.39 is 0 Å². The molecular weight excluding hydrogens is 246 g/mol. The van der Waals surface area contributed by atoms with Crippen LogP contribution in [0.3, 0.4) is 0 Å². The lowest BCUT2D eigenvalue weighted by Crippen LogP contribution is -2.39. The summed E-state index contributed by atoms with van der Waals surface area (Å²) in [6.45, 7) is 0.918. The Kier molecular flexibility index (Phi) is 2.86. The molecule has 102 valence electrons.